The molecule has 7 nitrogen and oxygen atoms in total. The molecule has 112 valence electrons. The highest BCUT2D eigenvalue weighted by molar-refractivity contribution is 7.86. The Morgan fingerprint density at radius 2 is 2.16 bits per heavy atom. The van der Waals surface area contributed by atoms with Crippen molar-refractivity contribution in [3.63, 3.8) is 0 Å². The number of hydrogen-bond donors (Lipinski definition) is 2. The van der Waals surface area contributed by atoms with Gasteiger partial charge in [-0.3, -0.25) is 0 Å². The van der Waals surface area contributed by atoms with E-state index in [1.165, 1.54) is 8.61 Å². The van der Waals surface area contributed by atoms with E-state index in [-0.39, 0.29) is 24.5 Å². The van der Waals surface area contributed by atoms with Crippen LogP contribution in [0.4, 0.5) is 0 Å². The molecule has 8 heteroatoms. The van der Waals surface area contributed by atoms with Crippen LogP contribution in [0.5, 0.6) is 0 Å². The van der Waals surface area contributed by atoms with Crippen LogP contribution in [0.15, 0.2) is 5.16 Å². The molecule has 0 radical (unpaired) electrons. The van der Waals surface area contributed by atoms with E-state index in [9.17, 15) is 8.42 Å². The molecule has 1 saturated heterocycles. The molecule has 0 amide bonds. The average molecular weight is 292 g/mol. The summed E-state index contributed by atoms with van der Waals surface area (Å²) >= 11 is 0. The summed E-state index contributed by atoms with van der Waals surface area (Å²) in [4.78, 5) is 0. The summed E-state index contributed by atoms with van der Waals surface area (Å²) in [6.07, 6.45) is 2.79. The maximum absolute atomic E-state index is 12.6. The Kier molecular flexibility index (Phi) is 5.57. The molecule has 1 unspecified atom stereocenters. The molecule has 3 N–H and O–H groups in total. The molecule has 19 heavy (non-hydrogen) atoms. The lowest BCUT2D eigenvalue weighted by Gasteiger charge is -2.37. The van der Waals surface area contributed by atoms with Gasteiger partial charge in [0.25, 0.3) is 10.2 Å². The van der Waals surface area contributed by atoms with Crippen LogP contribution in [0.25, 0.3) is 0 Å². The Bertz CT molecular complexity index is 422. The largest absolute Gasteiger partial charge is 0.409 e. The van der Waals surface area contributed by atoms with Gasteiger partial charge in [0.15, 0.2) is 5.84 Å². The molecule has 0 aromatic heterocycles. The standard InChI is InChI=1S/C11H24N4O3S/c1-9(2)15(8-11(12)13-16)19(17,18)14-7-5-4-6-10(14)3/h9-10,16H,4-8H2,1-3H3,(H2,12,13). The fraction of sp³-hybridized carbons (Fsp3) is 0.909. The first-order chi connectivity index (χ1) is 8.80. The number of oxime groups is 1. The van der Waals surface area contributed by atoms with Crippen molar-refractivity contribution in [1.29, 1.82) is 0 Å². The topological polar surface area (TPSA) is 99.2 Å². The van der Waals surface area contributed by atoms with Crippen molar-refractivity contribution in [1.82, 2.24) is 8.61 Å². The maximum Gasteiger partial charge on any atom is 0.282 e. The third-order valence-corrected chi connectivity index (χ3v) is 5.64. The minimum absolute atomic E-state index is 0.00714. The van der Waals surface area contributed by atoms with E-state index >= 15 is 0 Å². The Morgan fingerprint density at radius 1 is 1.53 bits per heavy atom. The number of piperidine rings is 1. The zero-order chi connectivity index (χ0) is 14.6. The van der Waals surface area contributed by atoms with Crippen LogP contribution in [0.1, 0.15) is 40.0 Å². The van der Waals surface area contributed by atoms with Gasteiger partial charge in [-0.25, -0.2) is 0 Å². The molecular weight excluding hydrogens is 268 g/mol. The van der Waals surface area contributed by atoms with Crippen LogP contribution in [0.3, 0.4) is 0 Å². The van der Waals surface area contributed by atoms with E-state index < -0.39 is 10.2 Å². The van der Waals surface area contributed by atoms with Crippen molar-refractivity contribution in [2.24, 2.45) is 10.9 Å². The summed E-state index contributed by atoms with van der Waals surface area (Å²) in [6, 6.07) is -0.258. The number of nitrogens with two attached hydrogens (primary N) is 1. The summed E-state index contributed by atoms with van der Waals surface area (Å²) in [5, 5.41) is 11.5. The van der Waals surface area contributed by atoms with Crippen molar-refractivity contribution in [3.05, 3.63) is 0 Å². The molecule has 0 spiro atoms. The third-order valence-electron chi connectivity index (χ3n) is 3.36. The molecule has 1 aliphatic heterocycles. The second-order valence-electron chi connectivity index (χ2n) is 5.19. The fourth-order valence-electron chi connectivity index (χ4n) is 2.27. The van der Waals surface area contributed by atoms with Crippen molar-refractivity contribution < 1.29 is 13.6 Å². The molecule has 1 aliphatic rings. The number of nitrogens with zero attached hydrogens (tertiary/aromatic N) is 3. The number of rotatable bonds is 5. The Labute approximate surface area is 115 Å². The highest BCUT2D eigenvalue weighted by Crippen LogP contribution is 2.23. The molecule has 0 saturated carbocycles. The highest BCUT2D eigenvalue weighted by Gasteiger charge is 2.36. The molecule has 1 fully saturated rings. The van der Waals surface area contributed by atoms with E-state index in [4.69, 9.17) is 10.9 Å². The summed E-state index contributed by atoms with van der Waals surface area (Å²) in [6.45, 7) is 5.90. The van der Waals surface area contributed by atoms with Gasteiger partial charge in [-0.1, -0.05) is 11.6 Å². The average Bonchev–Trinajstić information content (AvgIpc) is 2.35. The highest BCUT2D eigenvalue weighted by atomic mass is 32.2. The third kappa shape index (κ3) is 3.80. The molecular formula is C11H24N4O3S. The van der Waals surface area contributed by atoms with Crippen LogP contribution in [-0.4, -0.2) is 53.2 Å². The second-order valence-corrected chi connectivity index (χ2v) is 7.03. The van der Waals surface area contributed by atoms with E-state index in [0.717, 1.165) is 19.3 Å². The fourth-order valence-corrected chi connectivity index (χ4v) is 4.29. The first-order valence-corrected chi connectivity index (χ1v) is 7.95. The zero-order valence-corrected chi connectivity index (χ0v) is 12.6. The molecule has 0 aromatic rings. The maximum atomic E-state index is 12.6. The van der Waals surface area contributed by atoms with Gasteiger partial charge in [0.1, 0.15) is 0 Å². The Hall–Kier alpha value is -0.860. The normalized spacial score (nSPS) is 23.2. The van der Waals surface area contributed by atoms with E-state index in [1.54, 1.807) is 13.8 Å². The quantitative estimate of drug-likeness (QED) is 0.335. The van der Waals surface area contributed by atoms with Crippen molar-refractivity contribution in [2.75, 3.05) is 13.1 Å². The molecule has 1 atom stereocenters. The molecule has 1 rings (SSSR count). The first-order valence-electron chi connectivity index (χ1n) is 6.55. The van der Waals surface area contributed by atoms with Crippen molar-refractivity contribution >= 4 is 16.0 Å². The van der Waals surface area contributed by atoms with Gasteiger partial charge in [0.2, 0.25) is 0 Å². The summed E-state index contributed by atoms with van der Waals surface area (Å²) in [5.74, 6) is -0.109. The number of hydrogen-bond acceptors (Lipinski definition) is 4. The van der Waals surface area contributed by atoms with Crippen LogP contribution in [-0.2, 0) is 10.2 Å². The van der Waals surface area contributed by atoms with E-state index in [0.29, 0.717) is 6.54 Å². The van der Waals surface area contributed by atoms with Crippen LogP contribution in [0, 0.1) is 0 Å². The second kappa shape index (κ2) is 6.53. The SMILES string of the molecule is CC(C)N(CC(N)=NO)S(=O)(=O)N1CCCCC1C. The summed E-state index contributed by atoms with van der Waals surface area (Å²) in [5.41, 5.74) is 5.45. The van der Waals surface area contributed by atoms with Gasteiger partial charge in [-0.15, -0.1) is 0 Å². The molecule has 0 aliphatic carbocycles. The van der Waals surface area contributed by atoms with Crippen molar-refractivity contribution in [3.8, 4) is 0 Å². The predicted molar refractivity (Wildman–Crippen MR) is 74.2 cm³/mol. The molecule has 0 bridgehead atoms. The predicted octanol–water partition coefficient (Wildman–Crippen LogP) is 0.562. The molecule has 0 aromatic carbocycles. The Balaban J connectivity index is 2.98. The van der Waals surface area contributed by atoms with Gasteiger partial charge in [-0.05, 0) is 33.6 Å². The van der Waals surface area contributed by atoms with E-state index in [2.05, 4.69) is 5.16 Å². The van der Waals surface area contributed by atoms with Crippen molar-refractivity contribution in [2.45, 2.75) is 52.1 Å². The monoisotopic (exact) mass is 292 g/mol. The van der Waals surface area contributed by atoms with Crippen LogP contribution in [0.2, 0.25) is 0 Å². The van der Waals surface area contributed by atoms with Crippen LogP contribution < -0.4 is 5.73 Å². The lowest BCUT2D eigenvalue weighted by molar-refractivity contribution is 0.239. The number of amidine groups is 1. The summed E-state index contributed by atoms with van der Waals surface area (Å²) < 4.78 is 28.1. The Morgan fingerprint density at radius 3 is 2.63 bits per heavy atom. The minimum atomic E-state index is -3.58. The molecule has 1 heterocycles. The van der Waals surface area contributed by atoms with Gasteiger partial charge in [0, 0.05) is 18.6 Å². The van der Waals surface area contributed by atoms with Gasteiger partial charge in [0.05, 0.1) is 6.54 Å². The smallest absolute Gasteiger partial charge is 0.282 e. The van der Waals surface area contributed by atoms with Crippen LogP contribution >= 0.6 is 0 Å². The van der Waals surface area contributed by atoms with Gasteiger partial charge in [-0.2, -0.15) is 17.0 Å². The lowest BCUT2D eigenvalue weighted by atomic mass is 10.1. The lowest BCUT2D eigenvalue weighted by Crippen LogP contribution is -2.53. The van der Waals surface area contributed by atoms with Gasteiger partial charge < -0.3 is 10.9 Å². The van der Waals surface area contributed by atoms with Gasteiger partial charge >= 0.3 is 0 Å². The minimum Gasteiger partial charge on any atom is -0.409 e. The zero-order valence-electron chi connectivity index (χ0n) is 11.8. The summed E-state index contributed by atoms with van der Waals surface area (Å²) in [7, 11) is -3.58. The van der Waals surface area contributed by atoms with E-state index in [1.807, 2.05) is 6.92 Å². The first kappa shape index (κ1) is 16.2.